The molecule has 2 N–H and O–H groups in total. The molecule has 0 fully saturated rings. The molecular weight excluding hydrogens is 382 g/mol. The number of urea groups is 1. The molecule has 0 aliphatic carbocycles. The van der Waals surface area contributed by atoms with Crippen molar-refractivity contribution < 1.29 is 22.7 Å². The van der Waals surface area contributed by atoms with Crippen LogP contribution in [0, 0.1) is 0 Å². The summed E-state index contributed by atoms with van der Waals surface area (Å²) in [6, 6.07) is 11.5. The molecule has 0 atom stereocenters. The Bertz CT molecular complexity index is 929. The van der Waals surface area contributed by atoms with Crippen LogP contribution < -0.4 is 20.1 Å². The number of nitrogens with zero attached hydrogens (tertiary/aromatic N) is 1. The van der Waals surface area contributed by atoms with Gasteiger partial charge < -0.3 is 20.1 Å². The molecule has 0 aliphatic rings. The largest absolute Gasteiger partial charge is 0.493 e. The summed E-state index contributed by atoms with van der Waals surface area (Å²) in [6.45, 7) is 0.366. The van der Waals surface area contributed by atoms with Crippen LogP contribution in [-0.4, -0.2) is 47.1 Å². The lowest BCUT2D eigenvalue weighted by Gasteiger charge is -2.15. The molecule has 2 aromatic carbocycles. The van der Waals surface area contributed by atoms with E-state index in [0.717, 1.165) is 9.87 Å². The first-order chi connectivity index (χ1) is 13.3. The SMILES string of the molecule is COc1ccc(CNC(=O)NCc2ccccc2S(=O)(=O)N(C)C)cc1OC. The first-order valence-corrected chi connectivity index (χ1v) is 9.96. The quantitative estimate of drug-likeness (QED) is 0.697. The molecule has 8 nitrogen and oxygen atoms in total. The maximum Gasteiger partial charge on any atom is 0.315 e. The lowest BCUT2D eigenvalue weighted by Crippen LogP contribution is -2.35. The van der Waals surface area contributed by atoms with Crippen molar-refractivity contribution in [2.75, 3.05) is 28.3 Å². The average Bonchev–Trinajstić information content (AvgIpc) is 2.70. The highest BCUT2D eigenvalue weighted by Gasteiger charge is 2.20. The Balaban J connectivity index is 1.99. The second-order valence-electron chi connectivity index (χ2n) is 6.12. The smallest absolute Gasteiger partial charge is 0.315 e. The highest BCUT2D eigenvalue weighted by Crippen LogP contribution is 2.27. The predicted molar refractivity (Wildman–Crippen MR) is 106 cm³/mol. The molecule has 0 heterocycles. The van der Waals surface area contributed by atoms with Crippen LogP contribution in [0.15, 0.2) is 47.4 Å². The summed E-state index contributed by atoms with van der Waals surface area (Å²) in [4.78, 5) is 12.3. The van der Waals surface area contributed by atoms with Gasteiger partial charge in [0.25, 0.3) is 0 Å². The molecule has 0 aliphatic heterocycles. The van der Waals surface area contributed by atoms with Crippen LogP contribution in [0.3, 0.4) is 0 Å². The number of amides is 2. The zero-order chi connectivity index (χ0) is 20.7. The molecule has 28 heavy (non-hydrogen) atoms. The molecule has 9 heteroatoms. The van der Waals surface area contributed by atoms with Gasteiger partial charge in [0.15, 0.2) is 11.5 Å². The molecule has 2 aromatic rings. The number of nitrogens with one attached hydrogen (secondary N) is 2. The van der Waals surface area contributed by atoms with Crippen LogP contribution in [0.1, 0.15) is 11.1 Å². The van der Waals surface area contributed by atoms with E-state index in [1.807, 2.05) is 6.07 Å². The second-order valence-corrected chi connectivity index (χ2v) is 8.24. The molecule has 2 rings (SSSR count). The van der Waals surface area contributed by atoms with Crippen LogP contribution in [0.25, 0.3) is 0 Å². The monoisotopic (exact) mass is 407 g/mol. The van der Waals surface area contributed by atoms with Crippen molar-refractivity contribution in [1.29, 1.82) is 0 Å². The van der Waals surface area contributed by atoms with E-state index >= 15 is 0 Å². The molecule has 0 bridgehead atoms. The fourth-order valence-corrected chi connectivity index (χ4v) is 3.62. The Morgan fingerprint density at radius 2 is 1.61 bits per heavy atom. The number of carbonyl (C=O) groups is 1. The van der Waals surface area contributed by atoms with E-state index in [9.17, 15) is 13.2 Å². The number of hydrogen-bond acceptors (Lipinski definition) is 5. The second kappa shape index (κ2) is 9.43. The molecule has 0 radical (unpaired) electrons. The van der Waals surface area contributed by atoms with Gasteiger partial charge in [-0.1, -0.05) is 24.3 Å². The highest BCUT2D eigenvalue weighted by molar-refractivity contribution is 7.89. The van der Waals surface area contributed by atoms with Crippen molar-refractivity contribution in [2.45, 2.75) is 18.0 Å². The van der Waals surface area contributed by atoms with Gasteiger partial charge in [-0.15, -0.1) is 0 Å². The molecule has 0 saturated heterocycles. The van der Waals surface area contributed by atoms with Gasteiger partial charge in [-0.05, 0) is 29.3 Å². The van der Waals surface area contributed by atoms with Crippen LogP contribution in [0.2, 0.25) is 0 Å². The van der Waals surface area contributed by atoms with Gasteiger partial charge in [0.2, 0.25) is 10.0 Å². The number of rotatable bonds is 8. The van der Waals surface area contributed by atoms with Crippen molar-refractivity contribution in [2.24, 2.45) is 0 Å². The van der Waals surface area contributed by atoms with Crippen LogP contribution in [-0.2, 0) is 23.1 Å². The van der Waals surface area contributed by atoms with Crippen molar-refractivity contribution in [3.63, 3.8) is 0 Å². The van der Waals surface area contributed by atoms with Crippen molar-refractivity contribution in [1.82, 2.24) is 14.9 Å². The van der Waals surface area contributed by atoms with Gasteiger partial charge in [-0.25, -0.2) is 17.5 Å². The fraction of sp³-hybridized carbons (Fsp3) is 0.316. The van der Waals surface area contributed by atoms with E-state index in [0.29, 0.717) is 17.1 Å². The first-order valence-electron chi connectivity index (χ1n) is 8.52. The lowest BCUT2D eigenvalue weighted by molar-refractivity contribution is 0.240. The van der Waals surface area contributed by atoms with E-state index in [1.54, 1.807) is 44.6 Å². The molecule has 0 aromatic heterocycles. The summed E-state index contributed by atoms with van der Waals surface area (Å²) in [6.07, 6.45) is 0. The Kier molecular flexibility index (Phi) is 7.24. The minimum absolute atomic E-state index is 0.0843. The summed E-state index contributed by atoms with van der Waals surface area (Å²) in [5.41, 5.74) is 1.35. The minimum atomic E-state index is -3.59. The predicted octanol–water partition coefficient (Wildman–Crippen LogP) is 1.95. The van der Waals surface area contributed by atoms with Gasteiger partial charge in [0.1, 0.15) is 0 Å². The van der Waals surface area contributed by atoms with E-state index in [1.165, 1.54) is 20.2 Å². The number of ether oxygens (including phenoxy) is 2. The van der Waals surface area contributed by atoms with Crippen LogP contribution >= 0.6 is 0 Å². The van der Waals surface area contributed by atoms with E-state index in [4.69, 9.17) is 9.47 Å². The third-order valence-electron chi connectivity index (χ3n) is 4.07. The zero-order valence-corrected chi connectivity index (χ0v) is 17.2. The minimum Gasteiger partial charge on any atom is -0.493 e. The van der Waals surface area contributed by atoms with E-state index in [2.05, 4.69) is 10.6 Å². The molecule has 0 unspecified atom stereocenters. The van der Waals surface area contributed by atoms with Crippen molar-refractivity contribution >= 4 is 16.1 Å². The summed E-state index contributed by atoms with van der Waals surface area (Å²) in [5, 5.41) is 5.42. The topological polar surface area (TPSA) is 97.0 Å². The Hall–Kier alpha value is -2.78. The average molecular weight is 407 g/mol. The third kappa shape index (κ3) is 5.14. The van der Waals surface area contributed by atoms with Crippen molar-refractivity contribution in [3.8, 4) is 11.5 Å². The molecule has 2 amide bonds. The summed E-state index contributed by atoms with van der Waals surface area (Å²) in [7, 11) is 2.44. The fourth-order valence-electron chi connectivity index (χ4n) is 2.51. The van der Waals surface area contributed by atoms with Gasteiger partial charge >= 0.3 is 6.03 Å². The van der Waals surface area contributed by atoms with Gasteiger partial charge in [-0.2, -0.15) is 0 Å². The standard InChI is InChI=1S/C19H25N3O5S/c1-22(2)28(24,25)18-8-6-5-7-15(18)13-21-19(23)20-12-14-9-10-16(26-3)17(11-14)27-4/h5-11H,12-13H2,1-4H3,(H2,20,21,23). The maximum atomic E-state index is 12.4. The molecule has 0 saturated carbocycles. The highest BCUT2D eigenvalue weighted by atomic mass is 32.2. The molecule has 0 spiro atoms. The van der Waals surface area contributed by atoms with Crippen molar-refractivity contribution in [3.05, 3.63) is 53.6 Å². The Morgan fingerprint density at radius 3 is 2.25 bits per heavy atom. The maximum absolute atomic E-state index is 12.4. The van der Waals surface area contributed by atoms with Gasteiger partial charge in [0, 0.05) is 27.2 Å². The summed E-state index contributed by atoms with van der Waals surface area (Å²) < 4.78 is 36.4. The molecular formula is C19H25N3O5S. The van der Waals surface area contributed by atoms with Crippen LogP contribution in [0.4, 0.5) is 4.79 Å². The zero-order valence-electron chi connectivity index (χ0n) is 16.4. The lowest BCUT2D eigenvalue weighted by atomic mass is 10.2. The Morgan fingerprint density at radius 1 is 0.964 bits per heavy atom. The van der Waals surface area contributed by atoms with E-state index < -0.39 is 16.1 Å². The number of carbonyl (C=O) groups excluding carboxylic acids is 1. The van der Waals surface area contributed by atoms with Gasteiger partial charge in [0.05, 0.1) is 19.1 Å². The summed E-state index contributed by atoms with van der Waals surface area (Å²) in [5.74, 6) is 1.18. The van der Waals surface area contributed by atoms with Gasteiger partial charge in [-0.3, -0.25) is 0 Å². The third-order valence-corrected chi connectivity index (χ3v) is 5.99. The first kappa shape index (κ1) is 21.5. The number of benzene rings is 2. The van der Waals surface area contributed by atoms with E-state index in [-0.39, 0.29) is 18.0 Å². The number of sulfonamides is 1. The number of methoxy groups -OCH3 is 2. The Labute approximate surface area is 165 Å². The summed E-state index contributed by atoms with van der Waals surface area (Å²) >= 11 is 0. The normalized spacial score (nSPS) is 11.2. The number of hydrogen-bond donors (Lipinski definition) is 2. The molecule has 152 valence electrons. The van der Waals surface area contributed by atoms with Crippen LogP contribution in [0.5, 0.6) is 11.5 Å².